The number of hydrogen-bond donors (Lipinski definition) is 1. The Bertz CT molecular complexity index is 639. The summed E-state index contributed by atoms with van der Waals surface area (Å²) in [5.41, 5.74) is -1.20. The smallest absolute Gasteiger partial charge is 0.313 e. The molecule has 0 aliphatic heterocycles. The van der Waals surface area contributed by atoms with Crippen LogP contribution >= 0.6 is 0 Å². The van der Waals surface area contributed by atoms with Crippen LogP contribution in [0.3, 0.4) is 0 Å². The molecule has 0 saturated carbocycles. The van der Waals surface area contributed by atoms with Crippen LogP contribution in [0.25, 0.3) is 0 Å². The third kappa shape index (κ3) is 6.33. The van der Waals surface area contributed by atoms with E-state index < -0.39 is 27.5 Å². The molecule has 0 aliphatic carbocycles. The second-order valence-electron chi connectivity index (χ2n) is 5.16. The van der Waals surface area contributed by atoms with Gasteiger partial charge in [-0.3, -0.25) is 13.8 Å². The van der Waals surface area contributed by atoms with E-state index in [-0.39, 0.29) is 24.3 Å². The van der Waals surface area contributed by atoms with E-state index in [9.17, 15) is 23.1 Å². The number of rotatable bonds is 7. The van der Waals surface area contributed by atoms with Gasteiger partial charge in [0.25, 0.3) is 10.1 Å². The van der Waals surface area contributed by atoms with Gasteiger partial charge in [0.1, 0.15) is 11.4 Å². The van der Waals surface area contributed by atoms with Crippen LogP contribution in [0.4, 0.5) is 0 Å². The van der Waals surface area contributed by atoms with Crippen molar-refractivity contribution in [1.82, 2.24) is 0 Å². The van der Waals surface area contributed by atoms with E-state index in [2.05, 4.69) is 4.18 Å². The van der Waals surface area contributed by atoms with Gasteiger partial charge < -0.3 is 9.84 Å². The molecule has 122 valence electrons. The maximum Gasteiger partial charge on any atom is 0.313 e. The van der Waals surface area contributed by atoms with Gasteiger partial charge in [-0.15, -0.1) is 0 Å². The van der Waals surface area contributed by atoms with Gasteiger partial charge >= 0.3 is 5.97 Å². The number of ether oxygens (including phenoxy) is 1. The van der Waals surface area contributed by atoms with E-state index in [1.54, 1.807) is 0 Å². The molecule has 0 heterocycles. The lowest BCUT2D eigenvalue weighted by molar-refractivity contribution is -0.134. The van der Waals surface area contributed by atoms with Crippen molar-refractivity contribution in [2.45, 2.75) is 25.9 Å². The molecule has 0 atom stereocenters. The molecule has 0 aromatic heterocycles. The molecule has 0 aliphatic rings. The van der Waals surface area contributed by atoms with Crippen molar-refractivity contribution in [3.63, 3.8) is 0 Å². The molecule has 22 heavy (non-hydrogen) atoms. The zero-order valence-corrected chi connectivity index (χ0v) is 13.3. The molecule has 1 aromatic carbocycles. The van der Waals surface area contributed by atoms with Crippen molar-refractivity contribution in [1.29, 1.82) is 0 Å². The molecular weight excluding hydrogens is 312 g/mol. The molecule has 1 N–H and O–H groups in total. The van der Waals surface area contributed by atoms with Gasteiger partial charge in [0.05, 0.1) is 19.3 Å². The second-order valence-corrected chi connectivity index (χ2v) is 6.81. The van der Waals surface area contributed by atoms with Crippen LogP contribution in [0, 0.1) is 0 Å². The molecule has 0 saturated heterocycles. The minimum absolute atomic E-state index is 0.205. The Kier molecular flexibility index (Phi) is 5.81. The number of carbonyl (C=O) groups excluding carboxylic acids is 2. The Labute approximate surface area is 129 Å². The van der Waals surface area contributed by atoms with E-state index in [1.807, 2.05) is 0 Å². The maximum atomic E-state index is 11.8. The number of aliphatic hydroxyl groups is 1. The fraction of sp³-hybridized carbons (Fsp3) is 0.429. The van der Waals surface area contributed by atoms with Gasteiger partial charge in [-0.25, -0.2) is 0 Å². The van der Waals surface area contributed by atoms with Crippen LogP contribution in [0.15, 0.2) is 24.3 Å². The van der Waals surface area contributed by atoms with Crippen molar-refractivity contribution in [2.24, 2.45) is 0 Å². The fourth-order valence-electron chi connectivity index (χ4n) is 1.49. The number of ketones is 1. The van der Waals surface area contributed by atoms with E-state index >= 15 is 0 Å². The predicted molar refractivity (Wildman–Crippen MR) is 78.1 cm³/mol. The summed E-state index contributed by atoms with van der Waals surface area (Å²) in [5.74, 6) is -0.909. The normalized spacial score (nSPS) is 12.0. The molecule has 0 bridgehead atoms. The van der Waals surface area contributed by atoms with Crippen LogP contribution in [0.2, 0.25) is 0 Å². The molecule has 0 radical (unpaired) electrons. The summed E-state index contributed by atoms with van der Waals surface area (Å²) in [4.78, 5) is 23.3. The average Bonchev–Trinajstić information content (AvgIpc) is 2.36. The molecule has 8 heteroatoms. The number of hydrogen-bond acceptors (Lipinski definition) is 7. The summed E-state index contributed by atoms with van der Waals surface area (Å²) in [5, 5.41) is 9.62. The maximum absolute atomic E-state index is 11.8. The largest absolute Gasteiger partial charge is 0.426 e. The molecule has 7 nitrogen and oxygen atoms in total. The molecule has 1 rings (SSSR count). The lowest BCUT2D eigenvalue weighted by Crippen LogP contribution is -2.30. The third-order valence-electron chi connectivity index (χ3n) is 2.51. The Hall–Kier alpha value is -1.77. The van der Waals surface area contributed by atoms with Crippen LogP contribution in [-0.4, -0.2) is 43.7 Å². The van der Waals surface area contributed by atoms with Gasteiger partial charge in [-0.2, -0.15) is 8.42 Å². The number of benzene rings is 1. The van der Waals surface area contributed by atoms with Crippen LogP contribution < -0.4 is 4.74 Å². The summed E-state index contributed by atoms with van der Waals surface area (Å²) in [6.45, 7) is 2.46. The lowest BCUT2D eigenvalue weighted by atomic mass is 9.97. The zero-order chi connectivity index (χ0) is 17.0. The highest BCUT2D eigenvalue weighted by atomic mass is 32.2. The first-order chi connectivity index (χ1) is 9.99. The fourth-order valence-corrected chi connectivity index (χ4v) is 1.87. The highest BCUT2D eigenvalue weighted by Crippen LogP contribution is 2.17. The van der Waals surface area contributed by atoms with Gasteiger partial charge in [0, 0.05) is 5.56 Å². The molecule has 0 amide bonds. The summed E-state index contributed by atoms with van der Waals surface area (Å²) >= 11 is 0. The van der Waals surface area contributed by atoms with E-state index in [4.69, 9.17) is 4.74 Å². The first kappa shape index (κ1) is 18.3. The standard InChI is InChI=1S/C14H18O7S/c1-14(2,17)13(16)10-4-6-11(7-5-10)21-12(15)8-9-20-22(3,18)19/h4-7,17H,8-9H2,1-3H3. The molecule has 1 aromatic rings. The van der Waals surface area contributed by atoms with Crippen molar-refractivity contribution in [3.8, 4) is 5.75 Å². The Morgan fingerprint density at radius 3 is 2.18 bits per heavy atom. The summed E-state index contributed by atoms with van der Waals surface area (Å²) in [7, 11) is -3.59. The van der Waals surface area contributed by atoms with E-state index in [0.717, 1.165) is 6.26 Å². The van der Waals surface area contributed by atoms with E-state index in [0.29, 0.717) is 0 Å². The quantitative estimate of drug-likeness (QED) is 0.343. The SMILES string of the molecule is CC(C)(O)C(=O)c1ccc(OC(=O)CCOS(C)(=O)=O)cc1. The first-order valence-electron chi connectivity index (χ1n) is 6.41. The predicted octanol–water partition coefficient (Wildman–Crippen LogP) is 0.912. The second kappa shape index (κ2) is 6.99. The van der Waals surface area contributed by atoms with Gasteiger partial charge in [-0.1, -0.05) is 0 Å². The van der Waals surface area contributed by atoms with Gasteiger partial charge in [0.2, 0.25) is 0 Å². The minimum atomic E-state index is -3.59. The summed E-state index contributed by atoms with van der Waals surface area (Å²) < 4.78 is 30.8. The Balaban J connectivity index is 2.58. The zero-order valence-electron chi connectivity index (χ0n) is 12.5. The number of Topliss-reactive ketones (excluding diaryl/α,β-unsaturated/α-hetero) is 1. The minimum Gasteiger partial charge on any atom is -0.426 e. The van der Waals surface area contributed by atoms with Crippen LogP contribution in [0.5, 0.6) is 5.75 Å². The summed E-state index contributed by atoms with van der Waals surface area (Å²) in [6.07, 6.45) is 0.661. The Morgan fingerprint density at radius 2 is 1.73 bits per heavy atom. The molecule has 0 fully saturated rings. The van der Waals surface area contributed by atoms with E-state index in [1.165, 1.54) is 38.1 Å². The van der Waals surface area contributed by atoms with Crippen LogP contribution in [0.1, 0.15) is 30.6 Å². The Morgan fingerprint density at radius 1 is 1.18 bits per heavy atom. The monoisotopic (exact) mass is 330 g/mol. The van der Waals surface area contributed by atoms with Crippen molar-refractivity contribution in [3.05, 3.63) is 29.8 Å². The van der Waals surface area contributed by atoms with Crippen molar-refractivity contribution >= 4 is 21.9 Å². The van der Waals surface area contributed by atoms with Gasteiger partial charge in [-0.05, 0) is 38.1 Å². The topological polar surface area (TPSA) is 107 Å². The first-order valence-corrected chi connectivity index (χ1v) is 8.23. The molecule has 0 unspecified atom stereocenters. The number of carbonyl (C=O) groups is 2. The van der Waals surface area contributed by atoms with Crippen LogP contribution in [-0.2, 0) is 19.1 Å². The molecule has 0 spiro atoms. The summed E-state index contributed by atoms with van der Waals surface area (Å²) in [6, 6.07) is 5.68. The average molecular weight is 330 g/mol. The lowest BCUT2D eigenvalue weighted by Gasteiger charge is -2.15. The van der Waals surface area contributed by atoms with Crippen molar-refractivity contribution < 1.29 is 32.0 Å². The molecular formula is C14H18O7S. The highest BCUT2D eigenvalue weighted by molar-refractivity contribution is 7.85. The third-order valence-corrected chi connectivity index (χ3v) is 3.10. The van der Waals surface area contributed by atoms with Gasteiger partial charge in [0.15, 0.2) is 5.78 Å². The highest BCUT2D eigenvalue weighted by Gasteiger charge is 2.25. The van der Waals surface area contributed by atoms with Crippen molar-refractivity contribution in [2.75, 3.05) is 12.9 Å². The number of esters is 1.